The van der Waals surface area contributed by atoms with E-state index in [9.17, 15) is 23.1 Å². The van der Waals surface area contributed by atoms with Crippen molar-refractivity contribution in [3.05, 3.63) is 65.6 Å². The van der Waals surface area contributed by atoms with Gasteiger partial charge in [-0.15, -0.1) is 11.8 Å². The van der Waals surface area contributed by atoms with Gasteiger partial charge in [-0.2, -0.15) is 0 Å². The fourth-order valence-electron chi connectivity index (χ4n) is 5.13. The number of carboxylic acids is 1. The number of carboxylic acid groups (broad SMARTS) is 1. The Hall–Kier alpha value is -2.82. The molecule has 1 fully saturated rings. The molecule has 204 valence electrons. The molecule has 3 aromatic rings. The summed E-state index contributed by atoms with van der Waals surface area (Å²) in [6, 6.07) is 9.46. The molecule has 3 atom stereocenters. The van der Waals surface area contributed by atoms with Crippen molar-refractivity contribution in [3.63, 3.8) is 0 Å². The van der Waals surface area contributed by atoms with Crippen molar-refractivity contribution in [2.45, 2.75) is 36.6 Å². The van der Waals surface area contributed by atoms with Gasteiger partial charge in [-0.25, -0.2) is 18.2 Å². The lowest BCUT2D eigenvalue weighted by molar-refractivity contribution is -0.139. The Balaban J connectivity index is 1.34. The molecule has 1 aliphatic heterocycles. The molecule has 0 bridgehead atoms. The van der Waals surface area contributed by atoms with Gasteiger partial charge in [-0.3, -0.25) is 4.79 Å². The van der Waals surface area contributed by atoms with Crippen LogP contribution < -0.4 is 10.5 Å². The molecule has 2 unspecified atom stereocenters. The molecular weight excluding hydrogens is 515 g/mol. The molecule has 0 amide bonds. The highest BCUT2D eigenvalue weighted by Crippen LogP contribution is 2.33. The number of halogens is 3. The summed E-state index contributed by atoms with van der Waals surface area (Å²) in [5, 5.41) is 10.1. The maximum absolute atomic E-state index is 14.8. The zero-order chi connectivity index (χ0) is 27.2. The van der Waals surface area contributed by atoms with E-state index < -0.39 is 29.5 Å². The Morgan fingerprint density at radius 1 is 1.18 bits per heavy atom. The predicted molar refractivity (Wildman–Crippen MR) is 142 cm³/mol. The highest BCUT2D eigenvalue weighted by molar-refractivity contribution is 7.99. The maximum atomic E-state index is 14.8. The van der Waals surface area contributed by atoms with Crippen molar-refractivity contribution >= 4 is 28.6 Å². The van der Waals surface area contributed by atoms with Crippen molar-refractivity contribution < 1.29 is 27.8 Å². The van der Waals surface area contributed by atoms with Crippen LogP contribution in [0.4, 0.5) is 13.2 Å². The number of methoxy groups -OCH3 is 1. The molecule has 4 rings (SSSR count). The molecule has 0 aliphatic carbocycles. The molecule has 6 nitrogen and oxygen atoms in total. The molecule has 38 heavy (non-hydrogen) atoms. The van der Waals surface area contributed by atoms with E-state index in [-0.39, 0.29) is 28.8 Å². The number of ether oxygens (including phenoxy) is 1. The van der Waals surface area contributed by atoms with Gasteiger partial charge in [0.2, 0.25) is 0 Å². The SMILES string of the molecule is COc1ccc2nc([C@H](N)CCC3CCN(CCSc4cc(F)ccc4F)CC3CC(=O)O)c(F)cc2c1. The minimum Gasteiger partial charge on any atom is -0.497 e. The lowest BCUT2D eigenvalue weighted by Crippen LogP contribution is -2.42. The Kier molecular flexibility index (Phi) is 9.51. The minimum absolute atomic E-state index is 0.0342. The third-order valence-electron chi connectivity index (χ3n) is 7.17. The number of aliphatic carboxylic acids is 1. The number of pyridine rings is 1. The number of hydrogen-bond acceptors (Lipinski definition) is 6. The normalized spacial score (nSPS) is 19.0. The second kappa shape index (κ2) is 12.8. The molecule has 3 N–H and O–H groups in total. The molecule has 1 aliphatic rings. The number of fused-ring (bicyclic) bond motifs is 1. The van der Waals surface area contributed by atoms with Crippen LogP contribution in [0.15, 0.2) is 47.4 Å². The fraction of sp³-hybridized carbons (Fsp3) is 0.429. The summed E-state index contributed by atoms with van der Waals surface area (Å²) < 4.78 is 47.3. The van der Waals surface area contributed by atoms with Crippen molar-refractivity contribution in [1.29, 1.82) is 0 Å². The van der Waals surface area contributed by atoms with Gasteiger partial charge in [0.05, 0.1) is 18.3 Å². The van der Waals surface area contributed by atoms with E-state index in [2.05, 4.69) is 9.88 Å². The smallest absolute Gasteiger partial charge is 0.303 e. The third kappa shape index (κ3) is 7.18. The summed E-state index contributed by atoms with van der Waals surface area (Å²) >= 11 is 1.25. The standard InChI is InChI=1S/C28H32F3N3O3S/c1-37-21-4-7-25-18(12-21)13-23(31)28(33-25)24(32)6-2-17-8-9-34(16-19(17)14-27(35)36)10-11-38-26-15-20(29)3-5-22(26)30/h3-5,7,12-13,15,17,19,24H,2,6,8-11,14,16,32H2,1H3,(H,35,36)/t17?,19?,24-/m1/s1. The summed E-state index contributed by atoms with van der Waals surface area (Å²) in [5.74, 6) is -1.02. The van der Waals surface area contributed by atoms with Gasteiger partial charge < -0.3 is 20.5 Å². The molecule has 2 aromatic carbocycles. The maximum Gasteiger partial charge on any atom is 0.303 e. The first kappa shape index (κ1) is 28.2. The second-order valence-electron chi connectivity index (χ2n) is 9.73. The van der Waals surface area contributed by atoms with Crippen LogP contribution in [0.2, 0.25) is 0 Å². The molecule has 10 heteroatoms. The van der Waals surface area contributed by atoms with Crippen LogP contribution in [-0.2, 0) is 4.79 Å². The number of thioether (sulfide) groups is 1. The number of aromatic nitrogens is 1. The van der Waals surface area contributed by atoms with Crippen LogP contribution in [0.5, 0.6) is 5.75 Å². The van der Waals surface area contributed by atoms with Crippen molar-refractivity contribution in [2.75, 3.05) is 32.5 Å². The van der Waals surface area contributed by atoms with Gasteiger partial charge in [-0.05, 0) is 80.1 Å². The van der Waals surface area contributed by atoms with Crippen LogP contribution >= 0.6 is 11.8 Å². The number of rotatable bonds is 11. The van der Waals surface area contributed by atoms with Gasteiger partial charge in [0, 0.05) is 41.6 Å². The molecule has 0 spiro atoms. The lowest BCUT2D eigenvalue weighted by atomic mass is 9.79. The minimum atomic E-state index is -0.861. The Morgan fingerprint density at radius 2 is 2.00 bits per heavy atom. The van der Waals surface area contributed by atoms with Gasteiger partial charge in [0.1, 0.15) is 23.2 Å². The van der Waals surface area contributed by atoms with E-state index >= 15 is 0 Å². The summed E-state index contributed by atoms with van der Waals surface area (Å²) in [6.07, 6.45) is 1.97. The van der Waals surface area contributed by atoms with Crippen LogP contribution in [0, 0.1) is 29.3 Å². The number of hydrogen-bond donors (Lipinski definition) is 2. The number of nitrogens with zero attached hydrogens (tertiary/aromatic N) is 2. The highest BCUT2D eigenvalue weighted by Gasteiger charge is 2.31. The number of likely N-dealkylation sites (tertiary alicyclic amines) is 1. The summed E-state index contributed by atoms with van der Waals surface area (Å²) in [7, 11) is 1.55. The summed E-state index contributed by atoms with van der Waals surface area (Å²) in [6.45, 7) is 2.01. The average molecular weight is 548 g/mol. The zero-order valence-electron chi connectivity index (χ0n) is 21.2. The Bertz CT molecular complexity index is 1280. The van der Waals surface area contributed by atoms with E-state index in [1.807, 2.05) is 0 Å². The average Bonchev–Trinajstić information content (AvgIpc) is 2.89. The van der Waals surface area contributed by atoms with E-state index in [1.54, 1.807) is 25.3 Å². The number of carbonyl (C=O) groups is 1. The second-order valence-corrected chi connectivity index (χ2v) is 10.9. The first-order valence-corrected chi connectivity index (χ1v) is 13.6. The molecule has 2 heterocycles. The molecule has 1 aromatic heterocycles. The van der Waals surface area contributed by atoms with Crippen LogP contribution in [0.25, 0.3) is 10.9 Å². The number of nitrogens with two attached hydrogens (primary N) is 1. The summed E-state index contributed by atoms with van der Waals surface area (Å²) in [4.78, 5) is 18.5. The largest absolute Gasteiger partial charge is 0.497 e. The highest BCUT2D eigenvalue weighted by atomic mass is 32.2. The molecular formula is C28H32F3N3O3S. The first-order chi connectivity index (χ1) is 18.2. The Morgan fingerprint density at radius 3 is 2.76 bits per heavy atom. The monoisotopic (exact) mass is 547 g/mol. The third-order valence-corrected chi connectivity index (χ3v) is 8.18. The predicted octanol–water partition coefficient (Wildman–Crippen LogP) is 5.65. The topological polar surface area (TPSA) is 88.7 Å². The number of piperidine rings is 1. The van der Waals surface area contributed by atoms with E-state index in [0.29, 0.717) is 48.3 Å². The zero-order valence-corrected chi connectivity index (χ0v) is 22.0. The van der Waals surface area contributed by atoms with E-state index in [4.69, 9.17) is 10.5 Å². The van der Waals surface area contributed by atoms with Crippen molar-refractivity contribution in [3.8, 4) is 5.75 Å². The van der Waals surface area contributed by atoms with Gasteiger partial charge >= 0.3 is 5.97 Å². The van der Waals surface area contributed by atoms with Gasteiger partial charge in [0.15, 0.2) is 0 Å². The van der Waals surface area contributed by atoms with Crippen LogP contribution in [0.1, 0.15) is 37.4 Å². The van der Waals surface area contributed by atoms with E-state index in [0.717, 1.165) is 25.1 Å². The Labute approximate surface area is 224 Å². The molecule has 0 saturated carbocycles. The van der Waals surface area contributed by atoms with Crippen LogP contribution in [0.3, 0.4) is 0 Å². The molecule has 1 saturated heterocycles. The van der Waals surface area contributed by atoms with Crippen LogP contribution in [-0.4, -0.2) is 53.5 Å². The summed E-state index contributed by atoms with van der Waals surface area (Å²) in [5.41, 5.74) is 7.20. The van der Waals surface area contributed by atoms with Gasteiger partial charge in [0.25, 0.3) is 0 Å². The number of benzene rings is 2. The molecule has 0 radical (unpaired) electrons. The van der Waals surface area contributed by atoms with Crippen molar-refractivity contribution in [1.82, 2.24) is 9.88 Å². The lowest BCUT2D eigenvalue weighted by Gasteiger charge is -2.38. The van der Waals surface area contributed by atoms with Crippen molar-refractivity contribution in [2.24, 2.45) is 17.6 Å². The fourth-order valence-corrected chi connectivity index (χ4v) is 6.10. The quantitative estimate of drug-likeness (QED) is 0.300. The van der Waals surface area contributed by atoms with Gasteiger partial charge in [-0.1, -0.05) is 0 Å². The van der Waals surface area contributed by atoms with E-state index in [1.165, 1.54) is 23.9 Å². The first-order valence-electron chi connectivity index (χ1n) is 12.6.